The molecule has 1 amide bonds. The number of carbonyl (C=O) groups excluding carboxylic acids is 1. The second kappa shape index (κ2) is 9.62. The Balaban J connectivity index is 1.27. The van der Waals surface area contributed by atoms with Crippen LogP contribution in [0.15, 0.2) is 47.1 Å². The van der Waals surface area contributed by atoms with Crippen molar-refractivity contribution >= 4 is 17.5 Å². The van der Waals surface area contributed by atoms with Crippen molar-refractivity contribution in [3.63, 3.8) is 0 Å². The molecule has 0 saturated carbocycles. The lowest BCUT2D eigenvalue weighted by molar-refractivity contribution is 0.0903. The van der Waals surface area contributed by atoms with Gasteiger partial charge in [-0.05, 0) is 36.4 Å². The molecule has 1 fully saturated rings. The van der Waals surface area contributed by atoms with E-state index in [-0.39, 0.29) is 5.91 Å². The van der Waals surface area contributed by atoms with E-state index < -0.39 is 0 Å². The Morgan fingerprint density at radius 1 is 1.08 bits per heavy atom. The summed E-state index contributed by atoms with van der Waals surface area (Å²) in [7, 11) is 0. The van der Waals surface area contributed by atoms with Gasteiger partial charge in [0, 0.05) is 50.8 Å². The molecule has 2 aromatic rings. The van der Waals surface area contributed by atoms with E-state index in [0.717, 1.165) is 45.0 Å². The van der Waals surface area contributed by atoms with E-state index in [9.17, 15) is 4.79 Å². The predicted octanol–water partition coefficient (Wildman–Crippen LogP) is 2.36. The summed E-state index contributed by atoms with van der Waals surface area (Å²) in [5.74, 6) is 1.05. The van der Waals surface area contributed by atoms with E-state index in [0.29, 0.717) is 23.9 Å². The first-order valence-corrected chi connectivity index (χ1v) is 9.23. The normalized spacial score (nSPS) is 15.7. The van der Waals surface area contributed by atoms with E-state index in [1.807, 2.05) is 24.3 Å². The maximum atomic E-state index is 11.8. The number of furan rings is 1. The van der Waals surface area contributed by atoms with Gasteiger partial charge in [0.15, 0.2) is 5.76 Å². The number of halogens is 1. The van der Waals surface area contributed by atoms with Gasteiger partial charge in [0.2, 0.25) is 0 Å². The number of benzene rings is 1. The van der Waals surface area contributed by atoms with Crippen LogP contribution in [0, 0.1) is 0 Å². The summed E-state index contributed by atoms with van der Waals surface area (Å²) in [6.07, 6.45) is 1.50. The van der Waals surface area contributed by atoms with Crippen molar-refractivity contribution < 1.29 is 13.9 Å². The molecule has 0 atom stereocenters. The topological polar surface area (TPSA) is 58.0 Å². The van der Waals surface area contributed by atoms with E-state index in [2.05, 4.69) is 15.1 Å². The van der Waals surface area contributed by atoms with Crippen molar-refractivity contribution in [3.8, 4) is 5.75 Å². The highest BCUT2D eigenvalue weighted by molar-refractivity contribution is 6.30. The number of nitrogens with one attached hydrogen (secondary N) is 1. The molecule has 6 nitrogen and oxygen atoms in total. The lowest BCUT2D eigenvalue weighted by Gasteiger charge is -2.34. The van der Waals surface area contributed by atoms with Crippen molar-refractivity contribution in [2.24, 2.45) is 0 Å². The fraction of sp³-hybridized carbons (Fsp3) is 0.421. The van der Waals surface area contributed by atoms with Crippen molar-refractivity contribution in [2.45, 2.75) is 0 Å². The van der Waals surface area contributed by atoms with Crippen LogP contribution in [0.1, 0.15) is 10.6 Å². The Bertz CT molecular complexity index is 668. The number of nitrogens with zero attached hydrogens (tertiary/aromatic N) is 2. The molecule has 140 valence electrons. The van der Waals surface area contributed by atoms with Gasteiger partial charge in [0.1, 0.15) is 12.4 Å². The number of ether oxygens (including phenoxy) is 1. The first kappa shape index (κ1) is 18.8. The van der Waals surface area contributed by atoms with Crippen LogP contribution in [0.3, 0.4) is 0 Å². The minimum atomic E-state index is -0.159. The average Bonchev–Trinajstić information content (AvgIpc) is 3.19. The van der Waals surface area contributed by atoms with Crippen LogP contribution < -0.4 is 10.1 Å². The third-order valence-corrected chi connectivity index (χ3v) is 4.67. The quantitative estimate of drug-likeness (QED) is 0.765. The molecule has 1 aromatic heterocycles. The fourth-order valence-electron chi connectivity index (χ4n) is 2.88. The molecule has 0 spiro atoms. The van der Waals surface area contributed by atoms with Crippen molar-refractivity contribution in [1.82, 2.24) is 15.1 Å². The first-order valence-electron chi connectivity index (χ1n) is 8.85. The minimum Gasteiger partial charge on any atom is -0.492 e. The third kappa shape index (κ3) is 5.76. The highest BCUT2D eigenvalue weighted by Gasteiger charge is 2.17. The summed E-state index contributed by atoms with van der Waals surface area (Å²) in [6, 6.07) is 10.8. The van der Waals surface area contributed by atoms with Crippen LogP contribution in [-0.2, 0) is 0 Å². The van der Waals surface area contributed by atoms with Gasteiger partial charge in [-0.3, -0.25) is 14.6 Å². The standard InChI is InChI=1S/C19H24ClN3O3/c20-16-3-5-17(6-4-16)25-15-13-23-11-9-22(10-12-23)8-7-21-19(24)18-2-1-14-26-18/h1-6,14H,7-13,15H2,(H,21,24). The highest BCUT2D eigenvalue weighted by atomic mass is 35.5. The van der Waals surface area contributed by atoms with Crippen molar-refractivity contribution in [3.05, 3.63) is 53.4 Å². The molecule has 0 radical (unpaired) electrons. The molecule has 1 aliphatic heterocycles. The Hall–Kier alpha value is -2.02. The van der Waals surface area contributed by atoms with E-state index in [1.54, 1.807) is 12.1 Å². The van der Waals surface area contributed by atoms with Crippen molar-refractivity contribution in [1.29, 1.82) is 0 Å². The predicted molar refractivity (Wildman–Crippen MR) is 101 cm³/mol. The first-order chi connectivity index (χ1) is 12.7. The molecule has 0 bridgehead atoms. The zero-order chi connectivity index (χ0) is 18.2. The Labute approximate surface area is 158 Å². The number of amides is 1. The lowest BCUT2D eigenvalue weighted by Crippen LogP contribution is -2.49. The SMILES string of the molecule is O=C(NCCN1CCN(CCOc2ccc(Cl)cc2)CC1)c1ccco1. The lowest BCUT2D eigenvalue weighted by atomic mass is 10.3. The van der Waals surface area contributed by atoms with Crippen LogP contribution >= 0.6 is 11.6 Å². The van der Waals surface area contributed by atoms with Gasteiger partial charge in [-0.2, -0.15) is 0 Å². The Morgan fingerprint density at radius 3 is 2.42 bits per heavy atom. The molecule has 1 aliphatic rings. The Kier molecular flexibility index (Phi) is 6.94. The van der Waals surface area contributed by atoms with Crippen LogP contribution in [0.25, 0.3) is 0 Å². The highest BCUT2D eigenvalue weighted by Crippen LogP contribution is 2.15. The smallest absolute Gasteiger partial charge is 0.287 e. The molecular weight excluding hydrogens is 354 g/mol. The molecule has 0 aliphatic carbocycles. The average molecular weight is 378 g/mol. The maximum absolute atomic E-state index is 11.8. The molecule has 1 N–H and O–H groups in total. The number of rotatable bonds is 8. The van der Waals surface area contributed by atoms with E-state index in [4.69, 9.17) is 20.8 Å². The van der Waals surface area contributed by atoms with Crippen LogP contribution in [0.4, 0.5) is 0 Å². The van der Waals surface area contributed by atoms with E-state index in [1.165, 1.54) is 6.26 Å². The second-order valence-electron chi connectivity index (χ2n) is 6.22. The van der Waals surface area contributed by atoms with Crippen LogP contribution in [-0.4, -0.2) is 68.1 Å². The van der Waals surface area contributed by atoms with Gasteiger partial charge < -0.3 is 14.5 Å². The summed E-state index contributed by atoms with van der Waals surface area (Å²) < 4.78 is 10.8. The van der Waals surface area contributed by atoms with Crippen molar-refractivity contribution in [2.75, 3.05) is 52.4 Å². The summed E-state index contributed by atoms with van der Waals surface area (Å²) in [4.78, 5) is 16.6. The van der Waals surface area contributed by atoms with Crippen LogP contribution in [0.5, 0.6) is 5.75 Å². The van der Waals surface area contributed by atoms with Gasteiger partial charge >= 0.3 is 0 Å². The second-order valence-corrected chi connectivity index (χ2v) is 6.66. The fourth-order valence-corrected chi connectivity index (χ4v) is 3.01. The molecular formula is C19H24ClN3O3. The van der Waals surface area contributed by atoms with Crippen LogP contribution in [0.2, 0.25) is 5.02 Å². The molecule has 0 unspecified atom stereocenters. The summed E-state index contributed by atoms with van der Waals surface area (Å²) >= 11 is 5.86. The minimum absolute atomic E-state index is 0.159. The zero-order valence-electron chi connectivity index (χ0n) is 14.7. The van der Waals surface area contributed by atoms with Gasteiger partial charge in [0.25, 0.3) is 5.91 Å². The third-order valence-electron chi connectivity index (χ3n) is 4.41. The molecule has 3 rings (SSSR count). The monoisotopic (exact) mass is 377 g/mol. The number of carbonyl (C=O) groups is 1. The van der Waals surface area contributed by atoms with Gasteiger partial charge in [-0.15, -0.1) is 0 Å². The summed E-state index contributed by atoms with van der Waals surface area (Å²) in [5.41, 5.74) is 0. The molecule has 2 heterocycles. The number of hydrogen-bond acceptors (Lipinski definition) is 5. The largest absolute Gasteiger partial charge is 0.492 e. The zero-order valence-corrected chi connectivity index (χ0v) is 15.5. The summed E-state index contributed by atoms with van der Waals surface area (Å²) in [5, 5.41) is 3.60. The molecule has 1 aromatic carbocycles. The van der Waals surface area contributed by atoms with Gasteiger partial charge in [-0.25, -0.2) is 0 Å². The summed E-state index contributed by atoms with van der Waals surface area (Å²) in [6.45, 7) is 7.06. The molecule has 26 heavy (non-hydrogen) atoms. The van der Waals surface area contributed by atoms with Gasteiger partial charge in [0.05, 0.1) is 6.26 Å². The number of hydrogen-bond donors (Lipinski definition) is 1. The van der Waals surface area contributed by atoms with Gasteiger partial charge in [-0.1, -0.05) is 11.6 Å². The van der Waals surface area contributed by atoms with E-state index >= 15 is 0 Å². The molecule has 7 heteroatoms. The molecule has 1 saturated heterocycles. The number of piperazine rings is 1. The maximum Gasteiger partial charge on any atom is 0.287 e. The Morgan fingerprint density at radius 2 is 1.77 bits per heavy atom.